The zero-order chi connectivity index (χ0) is 67.3. The van der Waals surface area contributed by atoms with Gasteiger partial charge in [-0.25, -0.2) is 9.13 Å². The van der Waals surface area contributed by atoms with E-state index in [9.17, 15) is 43.2 Å². The summed E-state index contributed by atoms with van der Waals surface area (Å²) in [5.74, 6) is 0.0526. The van der Waals surface area contributed by atoms with Gasteiger partial charge < -0.3 is 33.8 Å². The molecule has 0 aromatic carbocycles. The molecular weight excluding hydrogens is 1200 g/mol. The van der Waals surface area contributed by atoms with Crippen molar-refractivity contribution in [1.29, 1.82) is 0 Å². The van der Waals surface area contributed by atoms with E-state index in [0.29, 0.717) is 31.6 Å². The van der Waals surface area contributed by atoms with Gasteiger partial charge in [0.1, 0.15) is 19.3 Å². The lowest BCUT2D eigenvalue weighted by Gasteiger charge is -2.21. The molecule has 19 heteroatoms. The van der Waals surface area contributed by atoms with Crippen LogP contribution in [0.4, 0.5) is 0 Å². The zero-order valence-corrected chi connectivity index (χ0v) is 60.6. The first-order chi connectivity index (χ1) is 43.8. The highest BCUT2D eigenvalue weighted by Crippen LogP contribution is 2.45. The third-order valence-electron chi connectivity index (χ3n) is 16.4. The lowest BCUT2D eigenvalue weighted by atomic mass is 10.00. The van der Waals surface area contributed by atoms with Gasteiger partial charge in [-0.15, -0.1) is 0 Å². The summed E-state index contributed by atoms with van der Waals surface area (Å²) in [6, 6.07) is 0. The predicted octanol–water partition coefficient (Wildman–Crippen LogP) is 20.2. The molecule has 0 bridgehead atoms. The van der Waals surface area contributed by atoms with E-state index in [1.54, 1.807) is 0 Å². The molecule has 0 aliphatic heterocycles. The van der Waals surface area contributed by atoms with E-state index in [4.69, 9.17) is 37.0 Å². The standard InChI is InChI=1S/C72H136O17P2/c1-8-10-11-12-13-14-15-16-17-20-24-27-32-41-48-55-71(76)88-67(59-82-69(74)53-46-39-31-26-23-21-18-19-22-25-29-36-43-50-63(3)4)61-86-90(78,79)84-57-66(73)58-85-91(80,81)87-62-68(89-72(77)56-49-42-35-34-38-45-52-65(7)9-2)60-83-70(75)54-47-40-33-28-30-37-44-51-64(5)6/h14-17,63-68,73H,8-13,18-62H2,1-7H3,(H,78,79)(H,80,81)/b15-14-,17-16-/t65?,66?,67-,68-/m1/s1. The van der Waals surface area contributed by atoms with Crippen LogP contribution in [-0.2, 0) is 65.4 Å². The number of unbranched alkanes of at least 4 members (excludes halogenated alkanes) is 32. The Labute approximate surface area is 554 Å². The Balaban J connectivity index is 5.28. The molecule has 4 unspecified atom stereocenters. The quantitative estimate of drug-likeness (QED) is 0.0169. The van der Waals surface area contributed by atoms with Crippen molar-refractivity contribution < 1.29 is 80.2 Å². The molecule has 17 nitrogen and oxygen atoms in total. The first kappa shape index (κ1) is 88.5. The Bertz CT molecular complexity index is 1880. The summed E-state index contributed by atoms with van der Waals surface area (Å²) in [6.45, 7) is 11.7. The number of phosphoric acid groups is 2. The van der Waals surface area contributed by atoms with Crippen LogP contribution in [0.5, 0.6) is 0 Å². The van der Waals surface area contributed by atoms with E-state index in [1.807, 2.05) is 0 Å². The van der Waals surface area contributed by atoms with E-state index in [0.717, 1.165) is 121 Å². The fraction of sp³-hybridized carbons (Fsp3) is 0.889. The first-order valence-electron chi connectivity index (χ1n) is 36.7. The van der Waals surface area contributed by atoms with Gasteiger partial charge in [0.25, 0.3) is 0 Å². The fourth-order valence-corrected chi connectivity index (χ4v) is 11.9. The second-order valence-corrected chi connectivity index (χ2v) is 29.4. The SMILES string of the molecule is CCCCCC/C=C\C=C/CCCCCCCC(=O)O[C@H](COC(=O)CCCCCCCCCCCCCCCC(C)C)COP(=O)(O)OCC(O)COP(=O)(O)OC[C@@H](COC(=O)CCCCCCCCCC(C)C)OC(=O)CCCCCCCCC(C)CC. The maximum absolute atomic E-state index is 13.0. The molecule has 0 spiro atoms. The third-order valence-corrected chi connectivity index (χ3v) is 18.3. The lowest BCUT2D eigenvalue weighted by Crippen LogP contribution is -2.30. The van der Waals surface area contributed by atoms with E-state index in [1.165, 1.54) is 128 Å². The summed E-state index contributed by atoms with van der Waals surface area (Å²) in [4.78, 5) is 72.6. The molecule has 0 saturated heterocycles. The highest BCUT2D eigenvalue weighted by molar-refractivity contribution is 7.47. The summed E-state index contributed by atoms with van der Waals surface area (Å²) < 4.78 is 68.3. The molecule has 0 aliphatic rings. The van der Waals surface area contributed by atoms with Crippen molar-refractivity contribution in [2.45, 2.75) is 356 Å². The third kappa shape index (κ3) is 64.6. The van der Waals surface area contributed by atoms with E-state index in [-0.39, 0.29) is 25.7 Å². The number of rotatable bonds is 68. The van der Waals surface area contributed by atoms with Gasteiger partial charge in [0.2, 0.25) is 0 Å². The van der Waals surface area contributed by atoms with Crippen molar-refractivity contribution in [1.82, 2.24) is 0 Å². The monoisotopic (exact) mass is 1330 g/mol. The number of esters is 4. The minimum atomic E-state index is -4.96. The lowest BCUT2D eigenvalue weighted by molar-refractivity contribution is -0.161. The zero-order valence-electron chi connectivity index (χ0n) is 58.8. The molecule has 536 valence electrons. The van der Waals surface area contributed by atoms with Gasteiger partial charge in [-0.1, -0.05) is 285 Å². The van der Waals surface area contributed by atoms with Crippen LogP contribution in [0.1, 0.15) is 337 Å². The van der Waals surface area contributed by atoms with Crippen LogP contribution >= 0.6 is 15.6 Å². The maximum Gasteiger partial charge on any atom is 0.472 e. The fourth-order valence-electron chi connectivity index (χ4n) is 10.3. The summed E-state index contributed by atoms with van der Waals surface area (Å²) in [5, 5.41) is 10.6. The van der Waals surface area contributed by atoms with Gasteiger partial charge in [-0.05, 0) is 69.1 Å². The van der Waals surface area contributed by atoms with Gasteiger partial charge >= 0.3 is 39.5 Å². The minimum Gasteiger partial charge on any atom is -0.462 e. The van der Waals surface area contributed by atoms with Crippen molar-refractivity contribution >= 4 is 39.5 Å². The summed E-state index contributed by atoms with van der Waals surface area (Å²) >= 11 is 0. The molecule has 6 atom stereocenters. The number of allylic oxidation sites excluding steroid dienone is 4. The molecule has 0 aromatic rings. The highest BCUT2D eigenvalue weighted by Gasteiger charge is 2.30. The second-order valence-electron chi connectivity index (χ2n) is 26.5. The van der Waals surface area contributed by atoms with Gasteiger partial charge in [0.05, 0.1) is 26.4 Å². The number of carbonyl (C=O) groups excluding carboxylic acids is 4. The molecule has 3 N–H and O–H groups in total. The molecule has 91 heavy (non-hydrogen) atoms. The average Bonchev–Trinajstić information content (AvgIpc) is 3.09. The largest absolute Gasteiger partial charge is 0.472 e. The van der Waals surface area contributed by atoms with Crippen LogP contribution in [0, 0.1) is 17.8 Å². The van der Waals surface area contributed by atoms with Crippen LogP contribution in [0.15, 0.2) is 24.3 Å². The average molecular weight is 1340 g/mol. The number of aliphatic hydroxyl groups excluding tert-OH is 1. The first-order valence-corrected chi connectivity index (χ1v) is 39.7. The van der Waals surface area contributed by atoms with Crippen LogP contribution in [-0.4, -0.2) is 96.7 Å². The summed E-state index contributed by atoms with van der Waals surface area (Å²) in [5.41, 5.74) is 0. The van der Waals surface area contributed by atoms with Crippen LogP contribution < -0.4 is 0 Å². The van der Waals surface area contributed by atoms with Gasteiger partial charge in [-0.3, -0.25) is 37.3 Å². The Kier molecular flexibility index (Phi) is 60.7. The predicted molar refractivity (Wildman–Crippen MR) is 367 cm³/mol. The number of hydrogen-bond acceptors (Lipinski definition) is 15. The Morgan fingerprint density at radius 3 is 0.978 bits per heavy atom. The van der Waals surface area contributed by atoms with Gasteiger partial charge in [0.15, 0.2) is 12.2 Å². The highest BCUT2D eigenvalue weighted by atomic mass is 31.2. The number of carbonyl (C=O) groups is 4. The second kappa shape index (κ2) is 62.4. The minimum absolute atomic E-state index is 0.0845. The molecule has 0 radical (unpaired) electrons. The van der Waals surface area contributed by atoms with Gasteiger partial charge in [0, 0.05) is 25.7 Å². The van der Waals surface area contributed by atoms with Crippen molar-refractivity contribution in [3.8, 4) is 0 Å². The van der Waals surface area contributed by atoms with Crippen LogP contribution in [0.25, 0.3) is 0 Å². The van der Waals surface area contributed by atoms with Gasteiger partial charge in [-0.2, -0.15) is 0 Å². The number of phosphoric ester groups is 2. The Morgan fingerprint density at radius 1 is 0.363 bits per heavy atom. The molecule has 0 saturated carbocycles. The van der Waals surface area contributed by atoms with E-state index in [2.05, 4.69) is 72.8 Å². The topological polar surface area (TPSA) is 237 Å². The van der Waals surface area contributed by atoms with Crippen molar-refractivity contribution in [2.75, 3.05) is 39.6 Å². The Hall–Kier alpha value is -2.46. The smallest absolute Gasteiger partial charge is 0.462 e. The summed E-state index contributed by atoms with van der Waals surface area (Å²) in [7, 11) is -9.92. The molecule has 0 heterocycles. The molecule has 0 fully saturated rings. The molecule has 0 amide bonds. The molecule has 0 aromatic heterocycles. The van der Waals surface area contributed by atoms with Crippen LogP contribution in [0.2, 0.25) is 0 Å². The number of hydrogen-bond donors (Lipinski definition) is 3. The van der Waals surface area contributed by atoms with Crippen molar-refractivity contribution in [2.24, 2.45) is 17.8 Å². The Morgan fingerprint density at radius 2 is 0.648 bits per heavy atom. The van der Waals surface area contributed by atoms with E-state index >= 15 is 0 Å². The van der Waals surface area contributed by atoms with Crippen LogP contribution in [0.3, 0.4) is 0 Å². The number of ether oxygens (including phenoxy) is 4. The van der Waals surface area contributed by atoms with Crippen molar-refractivity contribution in [3.05, 3.63) is 24.3 Å². The summed E-state index contributed by atoms with van der Waals surface area (Å²) in [6.07, 6.45) is 49.5. The molecule has 0 aliphatic carbocycles. The maximum atomic E-state index is 13.0. The molecule has 0 rings (SSSR count). The number of aliphatic hydroxyl groups is 1. The normalized spacial score (nSPS) is 14.6. The van der Waals surface area contributed by atoms with Crippen molar-refractivity contribution in [3.63, 3.8) is 0 Å². The van der Waals surface area contributed by atoms with E-state index < -0.39 is 97.5 Å². The molecular formula is C72H136O17P2.